The van der Waals surface area contributed by atoms with Crippen LogP contribution in [0.25, 0.3) is 0 Å². The molecule has 0 spiro atoms. The average Bonchev–Trinajstić information content (AvgIpc) is 2.29. The molecule has 1 rings (SSSR count). The third-order valence-corrected chi connectivity index (χ3v) is 2.14. The third kappa shape index (κ3) is 5.91. The average molecular weight is 251 g/mol. The molecule has 0 saturated carbocycles. The van der Waals surface area contributed by atoms with Crippen LogP contribution in [0.2, 0.25) is 10.0 Å². The molecule has 3 heteroatoms. The van der Waals surface area contributed by atoms with Gasteiger partial charge in [0.1, 0.15) is 5.75 Å². The molecule has 1 aromatic carbocycles. The highest BCUT2D eigenvalue weighted by molar-refractivity contribution is 6.35. The smallest absolute Gasteiger partial charge is 0.137 e. The van der Waals surface area contributed by atoms with Crippen molar-refractivity contribution in [2.75, 3.05) is 7.11 Å². The standard InChI is InChI=1S/C8H8Cl2O.2C2H6/c1-5-3-8(11-2)7(10)4-6(5)9;2*1-2/h3-4H,1-2H3;2*1-2H3. The molecule has 0 amide bonds. The van der Waals surface area contributed by atoms with E-state index >= 15 is 0 Å². The van der Waals surface area contributed by atoms with Gasteiger partial charge in [0, 0.05) is 5.02 Å². The predicted octanol–water partition coefficient (Wildman–Crippen LogP) is 5.36. The molecule has 0 aromatic heterocycles. The van der Waals surface area contributed by atoms with Crippen LogP contribution in [-0.4, -0.2) is 7.11 Å². The molecule has 1 nitrogen and oxygen atoms in total. The molecule has 0 aliphatic heterocycles. The Morgan fingerprint density at radius 2 is 1.40 bits per heavy atom. The summed E-state index contributed by atoms with van der Waals surface area (Å²) >= 11 is 11.6. The summed E-state index contributed by atoms with van der Waals surface area (Å²) in [6.45, 7) is 9.90. The molecule has 0 bridgehead atoms. The highest BCUT2D eigenvalue weighted by Gasteiger charge is 2.03. The van der Waals surface area contributed by atoms with Crippen LogP contribution in [0.4, 0.5) is 0 Å². The maximum Gasteiger partial charge on any atom is 0.137 e. The van der Waals surface area contributed by atoms with Crippen molar-refractivity contribution in [3.8, 4) is 5.75 Å². The van der Waals surface area contributed by atoms with Gasteiger partial charge in [-0.3, -0.25) is 0 Å². The Morgan fingerprint density at radius 3 is 1.80 bits per heavy atom. The van der Waals surface area contributed by atoms with Crippen LogP contribution >= 0.6 is 23.2 Å². The molecular formula is C12H20Cl2O. The van der Waals surface area contributed by atoms with E-state index < -0.39 is 0 Å². The Hall–Kier alpha value is -0.400. The first kappa shape index (κ1) is 17.0. The zero-order valence-corrected chi connectivity index (χ0v) is 11.8. The molecule has 0 aliphatic rings. The number of halogens is 2. The zero-order chi connectivity index (χ0) is 12.4. The summed E-state index contributed by atoms with van der Waals surface area (Å²) < 4.78 is 4.99. The lowest BCUT2D eigenvalue weighted by atomic mass is 10.2. The third-order valence-electron chi connectivity index (χ3n) is 1.43. The zero-order valence-electron chi connectivity index (χ0n) is 10.3. The van der Waals surface area contributed by atoms with Crippen molar-refractivity contribution in [2.45, 2.75) is 34.6 Å². The Labute approximate surface area is 103 Å². The van der Waals surface area contributed by atoms with E-state index in [2.05, 4.69) is 0 Å². The molecule has 0 unspecified atom stereocenters. The van der Waals surface area contributed by atoms with Gasteiger partial charge in [-0.1, -0.05) is 50.9 Å². The minimum absolute atomic E-state index is 0.545. The lowest BCUT2D eigenvalue weighted by Gasteiger charge is -2.04. The van der Waals surface area contributed by atoms with E-state index in [0.29, 0.717) is 15.8 Å². The first-order valence-electron chi connectivity index (χ1n) is 5.15. The molecule has 0 atom stereocenters. The quantitative estimate of drug-likeness (QED) is 0.652. The Bertz CT molecular complexity index is 273. The van der Waals surface area contributed by atoms with Crippen molar-refractivity contribution in [2.24, 2.45) is 0 Å². The van der Waals surface area contributed by atoms with Gasteiger partial charge in [-0.2, -0.15) is 0 Å². The number of ether oxygens (including phenoxy) is 1. The SMILES string of the molecule is CC.CC.COc1cc(C)c(Cl)cc1Cl. The summed E-state index contributed by atoms with van der Waals surface area (Å²) in [5, 5.41) is 1.21. The predicted molar refractivity (Wildman–Crippen MR) is 70.4 cm³/mol. The van der Waals surface area contributed by atoms with E-state index in [9.17, 15) is 0 Å². The molecule has 0 radical (unpaired) electrons. The van der Waals surface area contributed by atoms with Gasteiger partial charge in [0.05, 0.1) is 12.1 Å². The van der Waals surface area contributed by atoms with Gasteiger partial charge in [0.15, 0.2) is 0 Å². The number of hydrogen-bond acceptors (Lipinski definition) is 1. The van der Waals surface area contributed by atoms with Crippen LogP contribution < -0.4 is 4.74 Å². The summed E-state index contributed by atoms with van der Waals surface area (Å²) in [6.07, 6.45) is 0. The second-order valence-corrected chi connectivity index (χ2v) is 3.05. The number of methoxy groups -OCH3 is 1. The maximum absolute atomic E-state index is 5.80. The van der Waals surface area contributed by atoms with Crippen LogP contribution in [0.1, 0.15) is 33.3 Å². The Balaban J connectivity index is 0. The summed E-state index contributed by atoms with van der Waals surface area (Å²) in [5.74, 6) is 0.661. The minimum Gasteiger partial charge on any atom is -0.495 e. The number of aryl methyl sites for hydroxylation is 1. The molecule has 0 aliphatic carbocycles. The van der Waals surface area contributed by atoms with E-state index in [0.717, 1.165) is 5.56 Å². The van der Waals surface area contributed by atoms with Gasteiger partial charge in [0.2, 0.25) is 0 Å². The summed E-state index contributed by atoms with van der Waals surface area (Å²) in [5.41, 5.74) is 0.966. The number of hydrogen-bond donors (Lipinski definition) is 0. The van der Waals surface area contributed by atoms with Gasteiger partial charge in [-0.05, 0) is 24.6 Å². The van der Waals surface area contributed by atoms with Crippen LogP contribution in [0.3, 0.4) is 0 Å². The highest BCUT2D eigenvalue weighted by atomic mass is 35.5. The van der Waals surface area contributed by atoms with Crippen molar-refractivity contribution in [3.63, 3.8) is 0 Å². The fourth-order valence-electron chi connectivity index (χ4n) is 0.787. The van der Waals surface area contributed by atoms with Gasteiger partial charge in [-0.25, -0.2) is 0 Å². The van der Waals surface area contributed by atoms with Crippen LogP contribution in [-0.2, 0) is 0 Å². The highest BCUT2D eigenvalue weighted by Crippen LogP contribution is 2.29. The molecule has 1 aromatic rings. The molecule has 88 valence electrons. The molecular weight excluding hydrogens is 231 g/mol. The molecule has 0 heterocycles. The fourth-order valence-corrected chi connectivity index (χ4v) is 1.25. The molecule has 15 heavy (non-hydrogen) atoms. The second kappa shape index (κ2) is 10.1. The first-order chi connectivity index (χ1) is 7.15. The van der Waals surface area contributed by atoms with E-state index in [1.807, 2.05) is 40.7 Å². The van der Waals surface area contributed by atoms with Crippen molar-refractivity contribution in [1.82, 2.24) is 0 Å². The Morgan fingerprint density at radius 1 is 0.933 bits per heavy atom. The molecule has 0 N–H and O–H groups in total. The van der Waals surface area contributed by atoms with Crippen molar-refractivity contribution < 1.29 is 4.74 Å². The van der Waals surface area contributed by atoms with Crippen molar-refractivity contribution >= 4 is 23.2 Å². The maximum atomic E-state index is 5.80. The van der Waals surface area contributed by atoms with Gasteiger partial charge >= 0.3 is 0 Å². The topological polar surface area (TPSA) is 9.23 Å². The minimum atomic E-state index is 0.545. The van der Waals surface area contributed by atoms with Gasteiger partial charge in [-0.15, -0.1) is 0 Å². The monoisotopic (exact) mass is 250 g/mol. The molecule has 0 saturated heterocycles. The second-order valence-electron chi connectivity index (χ2n) is 2.24. The number of benzene rings is 1. The first-order valence-corrected chi connectivity index (χ1v) is 5.90. The lowest BCUT2D eigenvalue weighted by molar-refractivity contribution is 0.414. The largest absolute Gasteiger partial charge is 0.495 e. The van der Waals surface area contributed by atoms with Crippen LogP contribution in [0, 0.1) is 6.92 Å². The van der Waals surface area contributed by atoms with Crippen LogP contribution in [0.5, 0.6) is 5.75 Å². The summed E-state index contributed by atoms with van der Waals surface area (Å²) in [4.78, 5) is 0. The summed E-state index contributed by atoms with van der Waals surface area (Å²) in [6, 6.07) is 3.49. The van der Waals surface area contributed by atoms with Crippen LogP contribution in [0.15, 0.2) is 12.1 Å². The molecule has 0 fully saturated rings. The van der Waals surface area contributed by atoms with Crippen molar-refractivity contribution in [3.05, 3.63) is 27.7 Å². The van der Waals surface area contributed by atoms with E-state index in [4.69, 9.17) is 27.9 Å². The lowest BCUT2D eigenvalue weighted by Crippen LogP contribution is -1.85. The Kier molecular flexibility index (Phi) is 11.5. The van der Waals surface area contributed by atoms with E-state index in [1.165, 1.54) is 0 Å². The van der Waals surface area contributed by atoms with E-state index in [1.54, 1.807) is 13.2 Å². The summed E-state index contributed by atoms with van der Waals surface area (Å²) in [7, 11) is 1.58. The normalized spacial score (nSPS) is 8.00. The number of rotatable bonds is 1. The van der Waals surface area contributed by atoms with Gasteiger partial charge in [0.25, 0.3) is 0 Å². The van der Waals surface area contributed by atoms with Crippen molar-refractivity contribution in [1.29, 1.82) is 0 Å². The van der Waals surface area contributed by atoms with E-state index in [-0.39, 0.29) is 0 Å². The fraction of sp³-hybridized carbons (Fsp3) is 0.500. The van der Waals surface area contributed by atoms with Gasteiger partial charge < -0.3 is 4.74 Å².